The number of thiophene rings is 2. The summed E-state index contributed by atoms with van der Waals surface area (Å²) in [6.45, 7) is 0. The Morgan fingerprint density at radius 3 is 1.24 bits per heavy atom. The van der Waals surface area contributed by atoms with Crippen LogP contribution in [0.3, 0.4) is 0 Å². The minimum Gasteiger partial charge on any atom is -0.478 e. The molecule has 2 aliphatic heterocycles. The Labute approximate surface area is 425 Å². The Bertz CT molecular complexity index is 3590. The molecule has 6 nitrogen and oxygen atoms in total. The number of anilines is 4. The summed E-state index contributed by atoms with van der Waals surface area (Å²) in [6.07, 6.45) is 7.35. The number of rotatable bonds is 9. The molecule has 8 aromatic carbocycles. The molecule has 0 bridgehead atoms. The van der Waals surface area contributed by atoms with Crippen LogP contribution >= 0.6 is 22.7 Å². The van der Waals surface area contributed by atoms with Crippen LogP contribution in [0.15, 0.2) is 182 Å². The van der Waals surface area contributed by atoms with E-state index >= 15 is 0 Å². The van der Waals surface area contributed by atoms with E-state index in [2.05, 4.69) is 155 Å². The van der Waals surface area contributed by atoms with E-state index in [1.54, 1.807) is 46.9 Å². The molecular weight excluding hydrogens is 925 g/mol. The fraction of sp³-hybridized carbons (Fsp3) is 0.156. The van der Waals surface area contributed by atoms with Gasteiger partial charge in [0.25, 0.3) is 0 Å². The van der Waals surface area contributed by atoms with Crippen LogP contribution in [-0.4, -0.2) is 34.2 Å². The van der Waals surface area contributed by atoms with Gasteiger partial charge in [0.1, 0.15) is 0 Å². The van der Waals surface area contributed by atoms with E-state index in [0.717, 1.165) is 52.2 Å². The van der Waals surface area contributed by atoms with Crippen molar-refractivity contribution in [3.8, 4) is 54.3 Å². The van der Waals surface area contributed by atoms with Crippen molar-refractivity contribution in [3.63, 3.8) is 0 Å². The van der Waals surface area contributed by atoms with E-state index < -0.39 is 11.9 Å². The first-order chi connectivity index (χ1) is 35.3. The smallest absolute Gasteiger partial charge is 0.335 e. The highest BCUT2D eigenvalue weighted by atomic mass is 32.1. The van der Waals surface area contributed by atoms with E-state index in [1.807, 2.05) is 12.1 Å². The fourth-order valence-electron chi connectivity index (χ4n) is 12.7. The van der Waals surface area contributed by atoms with Crippen LogP contribution in [0, 0.1) is 0 Å². The summed E-state index contributed by atoms with van der Waals surface area (Å²) in [7, 11) is 0. The van der Waals surface area contributed by atoms with Crippen LogP contribution in [0.25, 0.3) is 74.4 Å². The second-order valence-electron chi connectivity index (χ2n) is 20.1. The number of carbonyl (C=O) groups is 2. The number of nitrogens with zero attached hydrogens (tertiary/aromatic N) is 2. The summed E-state index contributed by atoms with van der Waals surface area (Å²) in [6, 6.07) is 64.7. The highest BCUT2D eigenvalue weighted by molar-refractivity contribution is 7.22. The van der Waals surface area contributed by atoms with Gasteiger partial charge < -0.3 is 20.0 Å². The summed E-state index contributed by atoms with van der Waals surface area (Å²) >= 11 is 3.28. The maximum absolute atomic E-state index is 12.8. The third kappa shape index (κ3) is 7.18. The molecule has 0 radical (unpaired) electrons. The Balaban J connectivity index is 0.792. The number of hydrogen-bond acceptors (Lipinski definition) is 6. The van der Waals surface area contributed by atoms with Gasteiger partial charge in [-0.1, -0.05) is 97.8 Å². The number of hydrogen-bond donors (Lipinski definition) is 2. The van der Waals surface area contributed by atoms with Gasteiger partial charge in [0, 0.05) is 65.8 Å². The summed E-state index contributed by atoms with van der Waals surface area (Å²) in [5.74, 6) is -0.971. The molecule has 2 aliphatic carbocycles. The highest BCUT2D eigenvalue weighted by Crippen LogP contribution is 2.55. The predicted octanol–water partition coefficient (Wildman–Crippen LogP) is 17.4. The molecule has 4 unspecified atom stereocenters. The van der Waals surface area contributed by atoms with E-state index in [4.69, 9.17) is 0 Å². The van der Waals surface area contributed by atoms with Crippen LogP contribution < -0.4 is 9.80 Å². The molecule has 0 spiro atoms. The number of aromatic carboxylic acids is 2. The van der Waals surface area contributed by atoms with E-state index in [1.165, 1.54) is 83.5 Å². The lowest BCUT2D eigenvalue weighted by Gasteiger charge is -2.27. The number of benzene rings is 8. The zero-order valence-corrected chi connectivity index (χ0v) is 40.9. The average Bonchev–Trinajstić information content (AvgIpc) is 4.29. The molecule has 2 fully saturated rings. The van der Waals surface area contributed by atoms with Crippen LogP contribution in [0.2, 0.25) is 0 Å². The molecule has 2 aromatic heterocycles. The van der Waals surface area contributed by atoms with Gasteiger partial charge in [-0.3, -0.25) is 0 Å². The third-order valence-electron chi connectivity index (χ3n) is 16.0. The normalized spacial score (nSPS) is 18.7. The number of carboxylic acid groups (broad SMARTS) is 2. The minimum absolute atomic E-state index is 0.143. The molecule has 10 aromatic rings. The Morgan fingerprint density at radius 1 is 0.403 bits per heavy atom. The van der Waals surface area contributed by atoms with Gasteiger partial charge in [-0.15, -0.1) is 22.7 Å². The summed E-state index contributed by atoms with van der Waals surface area (Å²) < 4.78 is 2.22. The summed E-state index contributed by atoms with van der Waals surface area (Å²) in [5, 5.41) is 23.1. The molecule has 2 N–H and O–H groups in total. The Morgan fingerprint density at radius 2 is 0.806 bits per heavy atom. The largest absolute Gasteiger partial charge is 0.478 e. The van der Waals surface area contributed by atoms with Crippen molar-refractivity contribution in [3.05, 3.63) is 204 Å². The SMILES string of the molecule is O=C(O)c1cc(-c2cc(C(=O)O)cc(-c3cc4ccc(-c5ccc6c(c5)N(c5ccccc5)C5CCCC65)cc4s3)c2)cc(-c2cc3ccc(-c4ccc5c(c4)N(c4ccccc4)C4CCCC54)cc3s2)c1. The van der Waals surface area contributed by atoms with Crippen molar-refractivity contribution in [2.45, 2.75) is 62.4 Å². The Hall–Kier alpha value is -7.78. The first-order valence-electron chi connectivity index (χ1n) is 25.1. The van der Waals surface area contributed by atoms with Gasteiger partial charge in [-0.2, -0.15) is 0 Å². The minimum atomic E-state index is -1.04. The van der Waals surface area contributed by atoms with Gasteiger partial charge in [0.15, 0.2) is 0 Å². The second-order valence-corrected chi connectivity index (χ2v) is 22.3. The van der Waals surface area contributed by atoms with Crippen molar-refractivity contribution < 1.29 is 19.8 Å². The molecule has 0 saturated heterocycles. The topological polar surface area (TPSA) is 81.1 Å². The van der Waals surface area contributed by atoms with Gasteiger partial charge in [-0.25, -0.2) is 9.59 Å². The predicted molar refractivity (Wildman–Crippen MR) is 296 cm³/mol. The maximum atomic E-state index is 12.8. The number of para-hydroxylation sites is 2. The molecule has 8 heteroatoms. The fourth-order valence-corrected chi connectivity index (χ4v) is 14.9. The van der Waals surface area contributed by atoms with Crippen molar-refractivity contribution >= 4 is 77.5 Å². The van der Waals surface area contributed by atoms with Crippen LogP contribution in [0.4, 0.5) is 22.7 Å². The lowest BCUT2D eigenvalue weighted by molar-refractivity contribution is 0.0686. The van der Waals surface area contributed by atoms with Crippen LogP contribution in [0.1, 0.15) is 82.2 Å². The second kappa shape index (κ2) is 16.9. The molecule has 4 heterocycles. The van der Waals surface area contributed by atoms with E-state index in [9.17, 15) is 19.8 Å². The lowest BCUT2D eigenvalue weighted by Crippen LogP contribution is -2.26. The first kappa shape index (κ1) is 43.0. The van der Waals surface area contributed by atoms with Gasteiger partial charge in [0.2, 0.25) is 0 Å². The molecule has 350 valence electrons. The van der Waals surface area contributed by atoms with Crippen molar-refractivity contribution in [1.82, 2.24) is 0 Å². The van der Waals surface area contributed by atoms with Crippen LogP contribution in [0.5, 0.6) is 0 Å². The van der Waals surface area contributed by atoms with Crippen LogP contribution in [-0.2, 0) is 0 Å². The van der Waals surface area contributed by atoms with Gasteiger partial charge in [-0.05, 0) is 189 Å². The third-order valence-corrected chi connectivity index (χ3v) is 18.3. The number of carboxylic acids is 2. The standard InChI is InChI=1S/C64H48N2O4S2/c67-63(68)47-27-43(25-45(29-47)61-35-41-19-17-39(33-59(41)71-61)37-21-23-53-51-13-7-15-55(51)65(57(53)31-37)49-9-3-1-4-10-49)44-26-46(30-48(28-44)64(69)70)62-36-42-20-18-40(34-60(42)72-62)38-22-24-54-52-14-8-16-56(52)66(58(54)32-38)50-11-5-2-6-12-50/h1-6,9-12,17-36,51-52,55-56H,7-8,13-16H2,(H,67,68)(H,69,70). The zero-order valence-electron chi connectivity index (χ0n) is 39.3. The summed E-state index contributed by atoms with van der Waals surface area (Å²) in [5.41, 5.74) is 15.7. The van der Waals surface area contributed by atoms with Gasteiger partial charge >= 0.3 is 11.9 Å². The van der Waals surface area contributed by atoms with Gasteiger partial charge in [0.05, 0.1) is 11.1 Å². The quantitative estimate of drug-likeness (QED) is 0.150. The lowest BCUT2D eigenvalue weighted by atomic mass is 9.94. The van der Waals surface area contributed by atoms with Crippen molar-refractivity contribution in [2.75, 3.05) is 9.80 Å². The molecule has 2 saturated carbocycles. The number of fused-ring (bicyclic) bond motifs is 8. The monoisotopic (exact) mass is 972 g/mol. The van der Waals surface area contributed by atoms with E-state index in [-0.39, 0.29) is 11.1 Å². The van der Waals surface area contributed by atoms with E-state index in [0.29, 0.717) is 35.0 Å². The highest BCUT2D eigenvalue weighted by Gasteiger charge is 2.43. The summed E-state index contributed by atoms with van der Waals surface area (Å²) in [4.78, 5) is 32.6. The molecule has 0 amide bonds. The first-order valence-corrected chi connectivity index (χ1v) is 26.7. The molecule has 14 rings (SSSR count). The molecule has 72 heavy (non-hydrogen) atoms. The average molecular weight is 973 g/mol. The van der Waals surface area contributed by atoms with Crippen molar-refractivity contribution in [2.24, 2.45) is 0 Å². The Kier molecular flexibility index (Phi) is 10.1. The molecule has 4 aliphatic rings. The molecular formula is C64H48N2O4S2. The maximum Gasteiger partial charge on any atom is 0.335 e. The van der Waals surface area contributed by atoms with Crippen molar-refractivity contribution in [1.29, 1.82) is 0 Å². The molecule has 4 atom stereocenters. The zero-order chi connectivity index (χ0) is 48.2.